The van der Waals surface area contributed by atoms with Crippen molar-refractivity contribution in [3.05, 3.63) is 59.2 Å². The van der Waals surface area contributed by atoms with Crippen molar-refractivity contribution in [3.63, 3.8) is 0 Å². The molecule has 0 spiro atoms. The summed E-state index contributed by atoms with van der Waals surface area (Å²) in [7, 11) is 0. The van der Waals surface area contributed by atoms with Crippen LogP contribution in [0, 0.1) is 40.9 Å². The van der Waals surface area contributed by atoms with Crippen molar-refractivity contribution < 1.29 is 9.21 Å². The Morgan fingerprint density at radius 2 is 1.50 bits per heavy atom. The van der Waals surface area contributed by atoms with Crippen LogP contribution in [0.1, 0.15) is 16.3 Å². The smallest absolute Gasteiger partial charge is 0.291 e. The van der Waals surface area contributed by atoms with Crippen molar-refractivity contribution in [1.29, 1.82) is 15.8 Å². The fourth-order valence-electron chi connectivity index (χ4n) is 1.81. The Balaban J connectivity index is 2.10. The number of anilines is 2. The topological polar surface area (TPSA) is 126 Å². The Labute approximate surface area is 138 Å². The number of hydrogen-bond acceptors (Lipinski definition) is 6. The minimum Gasteiger partial charge on any atom is -0.456 e. The van der Waals surface area contributed by atoms with Crippen molar-refractivity contribution in [1.82, 2.24) is 0 Å². The lowest BCUT2D eigenvalue weighted by Crippen LogP contribution is -2.10. The van der Waals surface area contributed by atoms with E-state index in [4.69, 9.17) is 20.2 Å². The van der Waals surface area contributed by atoms with Crippen molar-refractivity contribution in [2.75, 3.05) is 10.6 Å². The van der Waals surface area contributed by atoms with E-state index in [-0.39, 0.29) is 22.9 Å². The predicted octanol–water partition coefficient (Wildman–Crippen LogP) is 3.08. The van der Waals surface area contributed by atoms with E-state index >= 15 is 0 Å². The Morgan fingerprint density at radius 3 is 1.96 bits per heavy atom. The van der Waals surface area contributed by atoms with Gasteiger partial charge in [0.15, 0.2) is 11.3 Å². The molecule has 0 saturated carbocycles. The van der Waals surface area contributed by atoms with Crippen LogP contribution in [-0.4, -0.2) is 5.91 Å². The summed E-state index contributed by atoms with van der Waals surface area (Å²) in [6, 6.07) is 14.8. The van der Waals surface area contributed by atoms with Gasteiger partial charge in [-0.1, -0.05) is 0 Å². The Hall–Kier alpha value is -4.02. The standard InChI is InChI=1S/C17H11N5O2/c1-11-2-7-16(24-11)17(23)22-14-5-3-13(4-6-14)21-15(10-20)12(8-18)9-19/h2-7,21H,1H3,(H,22,23). The van der Waals surface area contributed by atoms with Gasteiger partial charge in [0.05, 0.1) is 0 Å². The third-order valence-corrected chi connectivity index (χ3v) is 2.96. The molecule has 1 amide bonds. The first-order chi connectivity index (χ1) is 11.6. The highest BCUT2D eigenvalue weighted by atomic mass is 16.3. The zero-order valence-corrected chi connectivity index (χ0v) is 12.6. The first-order valence-corrected chi connectivity index (χ1v) is 6.77. The SMILES string of the molecule is Cc1ccc(C(=O)Nc2ccc(NC(C#N)=C(C#N)C#N)cc2)o1. The summed E-state index contributed by atoms with van der Waals surface area (Å²) < 4.78 is 5.23. The number of nitrogens with one attached hydrogen (secondary N) is 2. The molecule has 0 radical (unpaired) electrons. The zero-order valence-electron chi connectivity index (χ0n) is 12.6. The van der Waals surface area contributed by atoms with E-state index in [2.05, 4.69) is 10.6 Å². The number of hydrogen-bond donors (Lipinski definition) is 2. The van der Waals surface area contributed by atoms with Crippen LogP contribution < -0.4 is 10.6 Å². The molecule has 0 unspecified atom stereocenters. The molecule has 7 nitrogen and oxygen atoms in total. The molecule has 0 fully saturated rings. The Kier molecular flexibility index (Phi) is 4.98. The average molecular weight is 317 g/mol. The van der Waals surface area contributed by atoms with Crippen molar-refractivity contribution in [3.8, 4) is 18.2 Å². The van der Waals surface area contributed by atoms with Crippen LogP contribution in [-0.2, 0) is 0 Å². The molecule has 0 aliphatic heterocycles. The number of rotatable bonds is 4. The third-order valence-electron chi connectivity index (χ3n) is 2.96. The summed E-state index contributed by atoms with van der Waals surface area (Å²) in [5, 5.41) is 31.9. The molecule has 0 atom stereocenters. The van der Waals surface area contributed by atoms with Gasteiger partial charge in [0, 0.05) is 11.4 Å². The van der Waals surface area contributed by atoms with Gasteiger partial charge in [-0.05, 0) is 43.3 Å². The maximum Gasteiger partial charge on any atom is 0.291 e. The highest BCUT2D eigenvalue weighted by Gasteiger charge is 2.10. The fraction of sp³-hybridized carbons (Fsp3) is 0.0588. The summed E-state index contributed by atoms with van der Waals surface area (Å²) in [5.41, 5.74) is 0.593. The Morgan fingerprint density at radius 1 is 0.917 bits per heavy atom. The minimum absolute atomic E-state index is 0.136. The number of nitrogens with zero attached hydrogens (tertiary/aromatic N) is 3. The van der Waals surface area contributed by atoms with Crippen LogP contribution in [0.2, 0.25) is 0 Å². The lowest BCUT2D eigenvalue weighted by Gasteiger charge is -2.07. The highest BCUT2D eigenvalue weighted by molar-refractivity contribution is 6.02. The second-order valence-corrected chi connectivity index (χ2v) is 4.65. The summed E-state index contributed by atoms with van der Waals surface area (Å²) in [5.74, 6) is 0.469. The summed E-state index contributed by atoms with van der Waals surface area (Å²) >= 11 is 0. The van der Waals surface area contributed by atoms with Gasteiger partial charge in [0.2, 0.25) is 0 Å². The van der Waals surface area contributed by atoms with E-state index in [0.29, 0.717) is 17.1 Å². The van der Waals surface area contributed by atoms with E-state index in [1.165, 1.54) is 0 Å². The number of furan rings is 1. The van der Waals surface area contributed by atoms with Crippen molar-refractivity contribution >= 4 is 17.3 Å². The normalized spacial score (nSPS) is 9.08. The quantitative estimate of drug-likeness (QED) is 0.834. The van der Waals surface area contributed by atoms with Crippen molar-refractivity contribution in [2.24, 2.45) is 0 Å². The zero-order chi connectivity index (χ0) is 17.5. The maximum atomic E-state index is 12.0. The third kappa shape index (κ3) is 3.79. The number of amides is 1. The average Bonchev–Trinajstić information content (AvgIpc) is 3.03. The maximum absolute atomic E-state index is 12.0. The second kappa shape index (κ2) is 7.31. The van der Waals surface area contributed by atoms with E-state index in [9.17, 15) is 4.79 Å². The minimum atomic E-state index is -0.377. The molecule has 1 heterocycles. The molecule has 24 heavy (non-hydrogen) atoms. The number of nitriles is 3. The van der Waals surface area contributed by atoms with Gasteiger partial charge in [0.1, 0.15) is 29.7 Å². The number of carbonyl (C=O) groups is 1. The molecule has 0 saturated heterocycles. The molecule has 2 aromatic rings. The molecule has 0 aliphatic carbocycles. The van der Waals surface area contributed by atoms with Crippen LogP contribution in [0.3, 0.4) is 0 Å². The molecular formula is C17H11N5O2. The van der Waals surface area contributed by atoms with E-state index in [1.807, 2.05) is 0 Å². The van der Waals surface area contributed by atoms with E-state index < -0.39 is 0 Å². The van der Waals surface area contributed by atoms with Crippen LogP contribution in [0.25, 0.3) is 0 Å². The predicted molar refractivity (Wildman–Crippen MR) is 85.3 cm³/mol. The first-order valence-electron chi connectivity index (χ1n) is 6.77. The molecule has 7 heteroatoms. The van der Waals surface area contributed by atoms with E-state index in [0.717, 1.165) is 0 Å². The lowest BCUT2D eigenvalue weighted by molar-refractivity contribution is 0.0995. The molecule has 0 bridgehead atoms. The molecular weight excluding hydrogens is 306 g/mol. The van der Waals surface area contributed by atoms with Gasteiger partial charge in [0.25, 0.3) is 5.91 Å². The number of benzene rings is 1. The molecule has 1 aromatic heterocycles. The molecule has 116 valence electrons. The summed E-state index contributed by atoms with van der Waals surface area (Å²) in [6.45, 7) is 1.74. The van der Waals surface area contributed by atoms with E-state index in [1.54, 1.807) is 61.5 Å². The Bertz CT molecular complexity index is 902. The van der Waals surface area contributed by atoms with Crippen LogP contribution in [0.4, 0.5) is 11.4 Å². The lowest BCUT2D eigenvalue weighted by atomic mass is 10.2. The van der Waals surface area contributed by atoms with Gasteiger partial charge < -0.3 is 15.1 Å². The van der Waals surface area contributed by atoms with Gasteiger partial charge in [-0.15, -0.1) is 0 Å². The van der Waals surface area contributed by atoms with Crippen molar-refractivity contribution in [2.45, 2.75) is 6.92 Å². The molecule has 2 rings (SSSR count). The number of carbonyl (C=O) groups excluding carboxylic acids is 1. The summed E-state index contributed by atoms with van der Waals surface area (Å²) in [6.07, 6.45) is 0. The van der Waals surface area contributed by atoms with Gasteiger partial charge in [-0.2, -0.15) is 15.8 Å². The number of allylic oxidation sites excluding steroid dienone is 2. The van der Waals surface area contributed by atoms with Gasteiger partial charge >= 0.3 is 0 Å². The van der Waals surface area contributed by atoms with Crippen LogP contribution >= 0.6 is 0 Å². The fourth-order valence-corrected chi connectivity index (χ4v) is 1.81. The van der Waals surface area contributed by atoms with Gasteiger partial charge in [-0.3, -0.25) is 4.79 Å². The first kappa shape index (κ1) is 16.4. The molecule has 0 aliphatic rings. The highest BCUT2D eigenvalue weighted by Crippen LogP contribution is 2.17. The number of aryl methyl sites for hydroxylation is 1. The second-order valence-electron chi connectivity index (χ2n) is 4.65. The molecule has 2 N–H and O–H groups in total. The summed E-state index contributed by atoms with van der Waals surface area (Å²) in [4.78, 5) is 12.0. The monoisotopic (exact) mass is 317 g/mol. The molecule has 1 aromatic carbocycles. The van der Waals surface area contributed by atoms with Crippen LogP contribution in [0.5, 0.6) is 0 Å². The van der Waals surface area contributed by atoms with Gasteiger partial charge in [-0.25, -0.2) is 0 Å². The van der Waals surface area contributed by atoms with Crippen LogP contribution in [0.15, 0.2) is 52.1 Å². The largest absolute Gasteiger partial charge is 0.456 e.